The van der Waals surface area contributed by atoms with Crippen molar-refractivity contribution >= 4 is 22.8 Å². The number of likely N-dealkylation sites (N-methyl/N-ethyl adjacent to an activating group) is 1. The first-order valence-corrected chi connectivity index (χ1v) is 16.6. The number of rotatable bonds is 5. The summed E-state index contributed by atoms with van der Waals surface area (Å²) in [4.78, 5) is 20.8. The second kappa shape index (κ2) is 12.1. The number of piperazine rings is 1. The largest absolute Gasteiger partial charge is 0.443 e. The Kier molecular flexibility index (Phi) is 8.11. The maximum Gasteiger partial charge on any atom is 0.420 e. The number of aryl methyl sites for hydroxylation is 2. The SMILES string of the molecule is Cc1cc(-c2cc3c(-c4cnn(C5CCN(C6COC6)CC5)c4)cn(C(=O)OC(C)(C)C)c3nn2)cc(C)c1N1CCN(C)CC1. The smallest absolute Gasteiger partial charge is 0.420 e. The normalized spacial score (nSPS) is 19.1. The van der Waals surface area contributed by atoms with Crippen LogP contribution in [0.25, 0.3) is 33.4 Å². The van der Waals surface area contributed by atoms with Gasteiger partial charge in [0.1, 0.15) is 5.60 Å². The highest BCUT2D eigenvalue weighted by atomic mass is 16.6. The molecule has 0 aliphatic carbocycles. The molecule has 0 amide bonds. The number of anilines is 1. The monoisotopic (exact) mass is 626 g/mol. The molecule has 0 bridgehead atoms. The maximum atomic E-state index is 13.4. The van der Waals surface area contributed by atoms with Gasteiger partial charge in [0.15, 0.2) is 5.65 Å². The maximum absolute atomic E-state index is 13.4. The second-order valence-corrected chi connectivity index (χ2v) is 14.3. The van der Waals surface area contributed by atoms with E-state index in [0.29, 0.717) is 17.7 Å². The zero-order valence-electron chi connectivity index (χ0n) is 28.0. The van der Waals surface area contributed by atoms with Crippen LogP contribution in [0.2, 0.25) is 0 Å². The second-order valence-electron chi connectivity index (χ2n) is 14.3. The molecular weight excluding hydrogens is 580 g/mol. The highest BCUT2D eigenvalue weighted by Crippen LogP contribution is 2.36. The van der Waals surface area contributed by atoms with Crippen LogP contribution in [-0.4, -0.2) is 112 Å². The average Bonchev–Trinajstić information content (AvgIpc) is 3.61. The van der Waals surface area contributed by atoms with E-state index in [4.69, 9.17) is 14.6 Å². The number of ether oxygens (including phenoxy) is 2. The van der Waals surface area contributed by atoms with E-state index >= 15 is 0 Å². The Morgan fingerprint density at radius 1 is 0.891 bits per heavy atom. The fourth-order valence-corrected chi connectivity index (χ4v) is 7.10. The number of nitrogens with zero attached hydrogens (tertiary/aromatic N) is 8. The highest BCUT2D eigenvalue weighted by molar-refractivity contribution is 5.99. The molecule has 7 rings (SSSR count). The predicted molar refractivity (Wildman–Crippen MR) is 179 cm³/mol. The van der Waals surface area contributed by atoms with Crippen LogP contribution in [0.4, 0.5) is 10.5 Å². The predicted octanol–water partition coefficient (Wildman–Crippen LogP) is 5.15. The molecule has 6 heterocycles. The molecule has 3 aliphatic heterocycles. The molecule has 3 saturated heterocycles. The minimum absolute atomic E-state index is 0.338. The number of fused-ring (bicyclic) bond motifs is 1. The Labute approximate surface area is 271 Å². The standard InChI is InChI=1S/C35H46N8O3/c1-23-15-25(16-24(2)32(23)41-13-11-39(6)12-14-41)31-17-29-30(20-42(33(29)38-37-31)34(44)46-35(3,4)5)26-18-36-43(19-26)27-7-9-40(10-8-27)28-21-45-22-28/h15-20,27-28H,7-14,21-22H2,1-6H3. The highest BCUT2D eigenvalue weighted by Gasteiger charge is 2.31. The van der Waals surface area contributed by atoms with Gasteiger partial charge in [-0.15, -0.1) is 10.2 Å². The Morgan fingerprint density at radius 2 is 1.59 bits per heavy atom. The lowest BCUT2D eigenvalue weighted by Gasteiger charge is -2.41. The van der Waals surface area contributed by atoms with Crippen molar-refractivity contribution in [3.63, 3.8) is 0 Å². The van der Waals surface area contributed by atoms with E-state index in [-0.39, 0.29) is 0 Å². The molecule has 11 nitrogen and oxygen atoms in total. The minimum atomic E-state index is -0.646. The van der Waals surface area contributed by atoms with E-state index in [1.54, 1.807) is 0 Å². The van der Waals surface area contributed by atoms with Gasteiger partial charge in [0.25, 0.3) is 0 Å². The number of likely N-dealkylation sites (tertiary alicyclic amines) is 1. The van der Waals surface area contributed by atoms with Crippen molar-refractivity contribution in [2.75, 3.05) is 64.4 Å². The van der Waals surface area contributed by atoms with Crippen molar-refractivity contribution in [1.82, 2.24) is 34.3 Å². The molecule has 0 spiro atoms. The van der Waals surface area contributed by atoms with Crippen LogP contribution in [-0.2, 0) is 9.47 Å². The third-order valence-electron chi connectivity index (χ3n) is 9.67. The summed E-state index contributed by atoms with van der Waals surface area (Å²) >= 11 is 0. The lowest BCUT2D eigenvalue weighted by atomic mass is 9.99. The van der Waals surface area contributed by atoms with Crippen molar-refractivity contribution in [2.45, 2.75) is 65.1 Å². The summed E-state index contributed by atoms with van der Waals surface area (Å²) < 4.78 is 14.7. The molecule has 1 aromatic carbocycles. The van der Waals surface area contributed by atoms with Crippen LogP contribution >= 0.6 is 0 Å². The van der Waals surface area contributed by atoms with Gasteiger partial charge in [-0.2, -0.15) is 5.10 Å². The van der Waals surface area contributed by atoms with Crippen LogP contribution < -0.4 is 4.90 Å². The average molecular weight is 627 g/mol. The van der Waals surface area contributed by atoms with Crippen LogP contribution in [0.1, 0.15) is 50.8 Å². The van der Waals surface area contributed by atoms with Crippen LogP contribution in [0, 0.1) is 13.8 Å². The quantitative estimate of drug-likeness (QED) is 0.298. The van der Waals surface area contributed by atoms with Gasteiger partial charge in [0.05, 0.1) is 37.2 Å². The molecule has 11 heteroatoms. The van der Waals surface area contributed by atoms with Crippen LogP contribution in [0.3, 0.4) is 0 Å². The summed E-state index contributed by atoms with van der Waals surface area (Å²) in [6.07, 6.45) is 7.46. The van der Waals surface area contributed by atoms with E-state index in [1.165, 1.54) is 21.4 Å². The fraction of sp³-hybridized carbons (Fsp3) is 0.543. The van der Waals surface area contributed by atoms with Gasteiger partial charge in [-0.1, -0.05) is 0 Å². The molecule has 0 saturated carbocycles. The van der Waals surface area contributed by atoms with E-state index in [1.807, 2.05) is 33.2 Å². The number of benzene rings is 1. The molecule has 46 heavy (non-hydrogen) atoms. The number of piperidine rings is 1. The molecule has 4 aromatic rings. The van der Waals surface area contributed by atoms with Crippen molar-refractivity contribution < 1.29 is 14.3 Å². The summed E-state index contributed by atoms with van der Waals surface area (Å²) in [6.45, 7) is 17.9. The zero-order valence-corrected chi connectivity index (χ0v) is 28.0. The molecule has 0 N–H and O–H groups in total. The van der Waals surface area contributed by atoms with E-state index in [2.05, 4.69) is 74.9 Å². The Bertz CT molecular complexity index is 1710. The third kappa shape index (κ3) is 6.03. The first kappa shape index (κ1) is 30.8. The summed E-state index contributed by atoms with van der Waals surface area (Å²) in [5, 5.41) is 14.9. The van der Waals surface area contributed by atoms with Gasteiger partial charge >= 0.3 is 6.09 Å². The Morgan fingerprint density at radius 3 is 2.22 bits per heavy atom. The minimum Gasteiger partial charge on any atom is -0.443 e. The van der Waals surface area contributed by atoms with Gasteiger partial charge in [0, 0.05) is 79.4 Å². The molecule has 0 atom stereocenters. The molecular formula is C35H46N8O3. The van der Waals surface area contributed by atoms with Crippen molar-refractivity contribution in [1.29, 1.82) is 0 Å². The van der Waals surface area contributed by atoms with E-state index in [9.17, 15) is 4.79 Å². The Balaban J connectivity index is 1.23. The first-order valence-electron chi connectivity index (χ1n) is 16.6. The van der Waals surface area contributed by atoms with E-state index < -0.39 is 11.7 Å². The van der Waals surface area contributed by atoms with Crippen LogP contribution in [0.5, 0.6) is 0 Å². The number of hydrogen-bond acceptors (Lipinski definition) is 9. The lowest BCUT2D eigenvalue weighted by Crippen LogP contribution is -2.51. The molecule has 0 unspecified atom stereocenters. The van der Waals surface area contributed by atoms with Gasteiger partial charge < -0.3 is 19.3 Å². The number of hydrogen-bond donors (Lipinski definition) is 0. The van der Waals surface area contributed by atoms with Gasteiger partial charge in [-0.25, -0.2) is 9.36 Å². The molecule has 0 radical (unpaired) electrons. The van der Waals surface area contributed by atoms with Gasteiger partial charge in [0.2, 0.25) is 0 Å². The topological polar surface area (TPSA) is 93.8 Å². The van der Waals surface area contributed by atoms with Crippen molar-refractivity contribution in [3.8, 4) is 22.4 Å². The first-order chi connectivity index (χ1) is 22.0. The number of aromatic nitrogens is 5. The third-order valence-corrected chi connectivity index (χ3v) is 9.67. The number of carbonyl (C=O) groups is 1. The summed E-state index contributed by atoms with van der Waals surface area (Å²) in [5.74, 6) is 0. The summed E-state index contributed by atoms with van der Waals surface area (Å²) in [6, 6.07) is 7.38. The summed E-state index contributed by atoms with van der Waals surface area (Å²) in [7, 11) is 2.18. The van der Waals surface area contributed by atoms with Crippen molar-refractivity contribution in [3.05, 3.63) is 47.9 Å². The fourth-order valence-electron chi connectivity index (χ4n) is 7.10. The lowest BCUT2D eigenvalue weighted by molar-refractivity contribution is -0.0734. The van der Waals surface area contributed by atoms with Crippen LogP contribution in [0.15, 0.2) is 36.8 Å². The number of carbonyl (C=O) groups excluding carboxylic acids is 1. The summed E-state index contributed by atoms with van der Waals surface area (Å²) in [5.41, 5.74) is 7.20. The molecule has 244 valence electrons. The van der Waals surface area contributed by atoms with E-state index in [0.717, 1.165) is 93.1 Å². The van der Waals surface area contributed by atoms with Gasteiger partial charge in [-0.3, -0.25) is 9.58 Å². The zero-order chi connectivity index (χ0) is 32.2. The molecule has 3 fully saturated rings. The molecule has 3 aromatic heterocycles. The Hall–Kier alpha value is -3.80. The van der Waals surface area contributed by atoms with Gasteiger partial charge in [-0.05, 0) is 83.8 Å². The van der Waals surface area contributed by atoms with Crippen molar-refractivity contribution in [2.24, 2.45) is 0 Å². The molecule has 3 aliphatic rings.